The molecule has 0 saturated heterocycles. The van der Waals surface area contributed by atoms with Crippen molar-refractivity contribution in [3.05, 3.63) is 36.4 Å². The van der Waals surface area contributed by atoms with Gasteiger partial charge in [0, 0.05) is 0 Å². The van der Waals surface area contributed by atoms with Crippen LogP contribution in [0.5, 0.6) is 11.5 Å². The molecule has 0 unspecified atom stereocenters. The zero-order chi connectivity index (χ0) is 14.2. The van der Waals surface area contributed by atoms with E-state index in [1.54, 1.807) is 12.1 Å². The van der Waals surface area contributed by atoms with E-state index in [9.17, 15) is 10.2 Å². The van der Waals surface area contributed by atoms with Crippen LogP contribution in [0.1, 0.15) is 0 Å². The van der Waals surface area contributed by atoms with Crippen LogP contribution in [0.25, 0.3) is 0 Å². The van der Waals surface area contributed by atoms with Crippen LogP contribution >= 0.6 is 0 Å². The highest BCUT2D eigenvalue weighted by atomic mass is 28.3. The molecule has 0 amide bonds. The van der Waals surface area contributed by atoms with Crippen LogP contribution < -0.4 is 21.8 Å². The zero-order valence-electron chi connectivity index (χ0n) is 11.0. The Morgan fingerprint density at radius 2 is 1.16 bits per heavy atom. The first kappa shape index (κ1) is 13.3. The molecule has 0 aliphatic carbocycles. The van der Waals surface area contributed by atoms with Gasteiger partial charge in [0.2, 0.25) is 0 Å². The molecule has 5 heteroatoms. The van der Waals surface area contributed by atoms with Crippen LogP contribution in [0.15, 0.2) is 36.4 Å². The average molecular weight is 274 g/mol. The van der Waals surface area contributed by atoms with Crippen molar-refractivity contribution in [3.63, 3.8) is 0 Å². The summed E-state index contributed by atoms with van der Waals surface area (Å²) in [6.45, 7) is 4.34. The number of anilines is 2. The summed E-state index contributed by atoms with van der Waals surface area (Å²) >= 11 is 0. The lowest BCUT2D eigenvalue weighted by atomic mass is 10.3. The van der Waals surface area contributed by atoms with Gasteiger partial charge >= 0.3 is 0 Å². The zero-order valence-corrected chi connectivity index (χ0v) is 12.0. The Morgan fingerprint density at radius 1 is 0.789 bits per heavy atom. The van der Waals surface area contributed by atoms with Crippen LogP contribution in [0, 0.1) is 0 Å². The molecule has 0 fully saturated rings. The summed E-state index contributed by atoms with van der Waals surface area (Å²) in [5.74, 6) is 0.192. The number of phenols is 2. The van der Waals surface area contributed by atoms with Gasteiger partial charge in [-0.25, -0.2) is 0 Å². The monoisotopic (exact) mass is 274 g/mol. The molecule has 0 spiro atoms. The van der Waals surface area contributed by atoms with Crippen molar-refractivity contribution in [1.82, 2.24) is 0 Å². The van der Waals surface area contributed by atoms with Crippen molar-refractivity contribution in [3.8, 4) is 11.5 Å². The van der Waals surface area contributed by atoms with Crippen LogP contribution in [0.3, 0.4) is 0 Å². The van der Waals surface area contributed by atoms with E-state index in [0.717, 1.165) is 10.4 Å². The molecule has 2 aromatic carbocycles. The number of benzene rings is 2. The van der Waals surface area contributed by atoms with Crippen LogP contribution in [-0.2, 0) is 0 Å². The first-order valence-corrected chi connectivity index (χ1v) is 9.00. The Bertz CT molecular complexity index is 573. The van der Waals surface area contributed by atoms with E-state index in [-0.39, 0.29) is 11.5 Å². The van der Waals surface area contributed by atoms with E-state index in [2.05, 4.69) is 13.1 Å². The second-order valence-electron chi connectivity index (χ2n) is 5.17. The lowest BCUT2D eigenvalue weighted by Crippen LogP contribution is -2.52. The molecular formula is C14H18N2O2Si. The van der Waals surface area contributed by atoms with Gasteiger partial charge in [-0.3, -0.25) is 0 Å². The van der Waals surface area contributed by atoms with Crippen LogP contribution in [0.4, 0.5) is 11.4 Å². The second kappa shape index (κ2) is 4.51. The largest absolute Gasteiger partial charge is 0.506 e. The third-order valence-corrected chi connectivity index (χ3v) is 7.01. The van der Waals surface area contributed by atoms with Gasteiger partial charge in [0.1, 0.15) is 19.6 Å². The predicted octanol–water partition coefficient (Wildman–Crippen LogP) is 1.08. The Hall–Kier alpha value is -2.14. The molecule has 0 aromatic heterocycles. The summed E-state index contributed by atoms with van der Waals surface area (Å²) in [7, 11) is -1.95. The van der Waals surface area contributed by atoms with E-state index in [1.165, 1.54) is 0 Å². The van der Waals surface area contributed by atoms with Gasteiger partial charge in [-0.2, -0.15) is 0 Å². The summed E-state index contributed by atoms with van der Waals surface area (Å²) < 4.78 is 0. The molecule has 0 radical (unpaired) electrons. The van der Waals surface area contributed by atoms with E-state index < -0.39 is 8.07 Å². The summed E-state index contributed by atoms with van der Waals surface area (Å²) in [5, 5.41) is 21.2. The number of nitrogens with two attached hydrogens (primary N) is 2. The van der Waals surface area contributed by atoms with Crippen LogP contribution in [0.2, 0.25) is 13.1 Å². The third-order valence-electron chi connectivity index (χ3n) is 3.50. The molecule has 2 rings (SSSR count). The van der Waals surface area contributed by atoms with Crippen molar-refractivity contribution >= 4 is 29.8 Å². The van der Waals surface area contributed by atoms with Gasteiger partial charge < -0.3 is 21.7 Å². The standard InChI is InChI=1S/C14H18N2O2Si/c1-19(2,9-3-5-13(17)11(15)7-9)10-4-6-14(18)12(16)8-10/h3-8,17-18H,15-16H2,1-2H3. The fraction of sp³-hybridized carbons (Fsp3) is 0.143. The summed E-state index contributed by atoms with van der Waals surface area (Å²) in [5.41, 5.74) is 12.3. The Morgan fingerprint density at radius 3 is 1.47 bits per heavy atom. The number of nitrogen functional groups attached to an aromatic ring is 2. The topological polar surface area (TPSA) is 92.5 Å². The quantitative estimate of drug-likeness (QED) is 0.375. The summed E-state index contributed by atoms with van der Waals surface area (Å²) in [4.78, 5) is 0. The van der Waals surface area contributed by atoms with Crippen LogP contribution in [-0.4, -0.2) is 18.3 Å². The lowest BCUT2D eigenvalue weighted by Gasteiger charge is -2.24. The molecule has 0 atom stereocenters. The summed E-state index contributed by atoms with van der Waals surface area (Å²) in [6.07, 6.45) is 0. The molecule has 19 heavy (non-hydrogen) atoms. The van der Waals surface area contributed by atoms with E-state index in [4.69, 9.17) is 11.5 Å². The van der Waals surface area contributed by atoms with Crippen molar-refractivity contribution in [2.45, 2.75) is 13.1 Å². The first-order chi connectivity index (χ1) is 8.82. The smallest absolute Gasteiger partial charge is 0.138 e. The molecular weight excluding hydrogens is 256 g/mol. The Kier molecular flexibility index (Phi) is 3.16. The molecule has 0 aliphatic rings. The van der Waals surface area contributed by atoms with Gasteiger partial charge in [0.15, 0.2) is 0 Å². The first-order valence-electron chi connectivity index (χ1n) is 6.00. The molecule has 6 N–H and O–H groups in total. The Balaban J connectivity index is 2.51. The fourth-order valence-electron chi connectivity index (χ4n) is 2.05. The van der Waals surface area contributed by atoms with Crippen molar-refractivity contribution in [2.75, 3.05) is 11.5 Å². The average Bonchev–Trinajstić information content (AvgIpc) is 2.35. The molecule has 100 valence electrons. The van der Waals surface area contributed by atoms with Gasteiger partial charge in [-0.05, 0) is 24.3 Å². The molecule has 0 saturated carbocycles. The molecule has 2 aromatic rings. The maximum atomic E-state index is 9.50. The molecule has 0 bridgehead atoms. The Labute approximate surface area is 113 Å². The third kappa shape index (κ3) is 2.37. The lowest BCUT2D eigenvalue weighted by molar-refractivity contribution is 0.477. The highest BCUT2D eigenvalue weighted by Gasteiger charge is 2.27. The highest BCUT2D eigenvalue weighted by Crippen LogP contribution is 2.21. The highest BCUT2D eigenvalue weighted by molar-refractivity contribution is 7.00. The van der Waals surface area contributed by atoms with Gasteiger partial charge in [-0.1, -0.05) is 35.6 Å². The number of hydrogen-bond donors (Lipinski definition) is 4. The fourth-order valence-corrected chi connectivity index (χ4v) is 4.42. The van der Waals surface area contributed by atoms with E-state index in [1.807, 2.05) is 24.3 Å². The van der Waals surface area contributed by atoms with E-state index >= 15 is 0 Å². The minimum Gasteiger partial charge on any atom is -0.506 e. The van der Waals surface area contributed by atoms with Crippen molar-refractivity contribution < 1.29 is 10.2 Å². The number of aromatic hydroxyl groups is 2. The summed E-state index contributed by atoms with van der Waals surface area (Å²) in [6, 6.07) is 10.6. The van der Waals surface area contributed by atoms with Gasteiger partial charge in [-0.15, -0.1) is 0 Å². The minimum atomic E-state index is -1.95. The molecule has 0 heterocycles. The van der Waals surface area contributed by atoms with E-state index in [0.29, 0.717) is 11.4 Å². The second-order valence-corrected chi connectivity index (χ2v) is 9.58. The van der Waals surface area contributed by atoms with Gasteiger partial charge in [0.05, 0.1) is 11.4 Å². The number of rotatable bonds is 2. The minimum absolute atomic E-state index is 0.0961. The van der Waals surface area contributed by atoms with Gasteiger partial charge in [0.25, 0.3) is 0 Å². The van der Waals surface area contributed by atoms with Crippen molar-refractivity contribution in [2.24, 2.45) is 0 Å². The number of phenolic OH excluding ortho intramolecular Hbond substituents is 2. The normalized spacial score (nSPS) is 11.5. The maximum absolute atomic E-state index is 9.50. The van der Waals surface area contributed by atoms with Crippen molar-refractivity contribution in [1.29, 1.82) is 0 Å². The molecule has 4 nitrogen and oxygen atoms in total. The predicted molar refractivity (Wildman–Crippen MR) is 81.8 cm³/mol. The number of hydrogen-bond acceptors (Lipinski definition) is 4. The SMILES string of the molecule is C[Si](C)(c1ccc(O)c(N)c1)c1ccc(O)c(N)c1. The maximum Gasteiger partial charge on any atom is 0.138 e. The molecule has 0 aliphatic heterocycles.